The van der Waals surface area contributed by atoms with Crippen LogP contribution >= 0.6 is 75.8 Å². The standard InChI is InChI=1S/C26H59N5S6/c1-21(32)15-27-7-8-28(16-22(2)33)9-10-29(17-23(3)34)11-12-30(18-24(4)35)13-14-31(19-25(5)36)20-26(6)37/h21-27,32-37H,7-20H2,1-6H3. The Balaban J connectivity index is 5.03. The topological polar surface area (TPSA) is 25.0 Å². The van der Waals surface area contributed by atoms with Gasteiger partial charge in [-0.15, -0.1) is 0 Å². The van der Waals surface area contributed by atoms with Crippen LogP contribution in [0.4, 0.5) is 0 Å². The molecule has 0 bridgehead atoms. The molecule has 0 aliphatic rings. The minimum atomic E-state index is 0.345. The SMILES string of the molecule is CC(S)CNCCN(CCN(CCN(CCN(CC(C)S)CC(C)S)CC(C)S)CC(C)S)CC(C)S. The van der Waals surface area contributed by atoms with Crippen LogP contribution in [0.25, 0.3) is 0 Å². The van der Waals surface area contributed by atoms with E-state index < -0.39 is 0 Å². The first kappa shape index (κ1) is 38.9. The Kier molecular flexibility index (Phi) is 24.7. The molecular weight excluding hydrogens is 575 g/mol. The predicted molar refractivity (Wildman–Crippen MR) is 189 cm³/mol. The minimum absolute atomic E-state index is 0.345. The van der Waals surface area contributed by atoms with Crippen LogP contribution < -0.4 is 5.32 Å². The first-order valence-corrected chi connectivity index (χ1v) is 17.1. The van der Waals surface area contributed by atoms with Gasteiger partial charge in [-0.2, -0.15) is 75.8 Å². The van der Waals surface area contributed by atoms with E-state index in [1.54, 1.807) is 0 Å². The Bertz CT molecular complexity index is 516. The fourth-order valence-corrected chi connectivity index (χ4v) is 5.69. The smallest absolute Gasteiger partial charge is 0.0116 e. The average Bonchev–Trinajstić information content (AvgIpc) is 2.74. The van der Waals surface area contributed by atoms with Gasteiger partial charge in [0, 0.05) is 123 Å². The zero-order valence-corrected chi connectivity index (χ0v) is 29.7. The van der Waals surface area contributed by atoms with E-state index in [0.29, 0.717) is 31.5 Å². The third kappa shape index (κ3) is 25.3. The summed E-state index contributed by atoms with van der Waals surface area (Å²) in [6.07, 6.45) is 0. The van der Waals surface area contributed by atoms with Gasteiger partial charge >= 0.3 is 0 Å². The first-order chi connectivity index (χ1) is 17.3. The predicted octanol–water partition coefficient (Wildman–Crippen LogP) is 3.69. The van der Waals surface area contributed by atoms with E-state index in [9.17, 15) is 0 Å². The molecule has 0 amide bonds. The molecule has 0 rings (SSSR count). The van der Waals surface area contributed by atoms with Gasteiger partial charge < -0.3 is 5.32 Å². The maximum atomic E-state index is 4.73. The second kappa shape index (κ2) is 23.5. The molecule has 6 unspecified atom stereocenters. The maximum absolute atomic E-state index is 4.73. The summed E-state index contributed by atoms with van der Waals surface area (Å²) in [5.41, 5.74) is 0. The quantitative estimate of drug-likeness (QED) is 0.0650. The van der Waals surface area contributed by atoms with Crippen molar-refractivity contribution in [3.63, 3.8) is 0 Å². The molecule has 0 aromatic rings. The van der Waals surface area contributed by atoms with E-state index in [4.69, 9.17) is 25.3 Å². The lowest BCUT2D eigenvalue weighted by atomic mass is 10.3. The van der Waals surface area contributed by atoms with Crippen molar-refractivity contribution in [2.24, 2.45) is 0 Å². The first-order valence-electron chi connectivity index (χ1n) is 14.0. The highest BCUT2D eigenvalue weighted by Gasteiger charge is 2.17. The summed E-state index contributed by atoms with van der Waals surface area (Å²) in [6.45, 7) is 27.1. The van der Waals surface area contributed by atoms with Crippen LogP contribution in [0.2, 0.25) is 0 Å². The summed E-state index contributed by atoms with van der Waals surface area (Å²) >= 11 is 27.8. The number of nitrogens with zero attached hydrogens (tertiary/aromatic N) is 4. The molecule has 11 heteroatoms. The summed E-state index contributed by atoms with van der Waals surface area (Å²) in [4.78, 5) is 10.2. The van der Waals surface area contributed by atoms with Crippen molar-refractivity contribution in [1.82, 2.24) is 24.9 Å². The molecule has 0 aliphatic carbocycles. The monoisotopic (exact) mass is 633 g/mol. The van der Waals surface area contributed by atoms with Gasteiger partial charge in [-0.3, -0.25) is 19.6 Å². The largest absolute Gasteiger partial charge is 0.314 e. The summed E-state index contributed by atoms with van der Waals surface area (Å²) < 4.78 is 0. The zero-order chi connectivity index (χ0) is 28.4. The summed E-state index contributed by atoms with van der Waals surface area (Å²) in [5.74, 6) is 0. The Hall–Kier alpha value is 1.90. The number of hydrogen-bond donors (Lipinski definition) is 7. The average molecular weight is 634 g/mol. The fraction of sp³-hybridized carbons (Fsp3) is 1.00. The van der Waals surface area contributed by atoms with Gasteiger partial charge in [0.1, 0.15) is 0 Å². The summed E-state index contributed by atoms with van der Waals surface area (Å²) in [7, 11) is 0. The molecule has 0 aromatic heterocycles. The van der Waals surface area contributed by atoms with Crippen LogP contribution in [0.3, 0.4) is 0 Å². The number of hydrogen-bond acceptors (Lipinski definition) is 11. The van der Waals surface area contributed by atoms with Crippen molar-refractivity contribution < 1.29 is 0 Å². The van der Waals surface area contributed by atoms with Gasteiger partial charge in [0.2, 0.25) is 0 Å². The molecule has 0 spiro atoms. The molecule has 0 radical (unpaired) electrons. The van der Waals surface area contributed by atoms with E-state index >= 15 is 0 Å². The molecule has 37 heavy (non-hydrogen) atoms. The Morgan fingerprint density at radius 1 is 0.405 bits per heavy atom. The molecule has 1 N–H and O–H groups in total. The second-order valence-electron chi connectivity index (χ2n) is 11.0. The van der Waals surface area contributed by atoms with E-state index in [1.165, 1.54) is 0 Å². The number of rotatable bonds is 24. The molecule has 0 heterocycles. The molecule has 0 aliphatic heterocycles. The number of thiol groups is 6. The molecule has 0 fully saturated rings. The van der Waals surface area contributed by atoms with Crippen molar-refractivity contribution >= 4 is 75.8 Å². The third-order valence-electron chi connectivity index (χ3n) is 5.85. The van der Waals surface area contributed by atoms with Crippen LogP contribution in [0, 0.1) is 0 Å². The lowest BCUT2D eigenvalue weighted by molar-refractivity contribution is 0.164. The Morgan fingerprint density at radius 2 is 0.676 bits per heavy atom. The normalized spacial score (nSPS) is 17.5. The molecule has 6 atom stereocenters. The van der Waals surface area contributed by atoms with Gasteiger partial charge in [-0.05, 0) is 0 Å². The number of nitrogens with one attached hydrogen (secondary N) is 1. The van der Waals surface area contributed by atoms with Gasteiger partial charge in [0.15, 0.2) is 0 Å². The highest BCUT2D eigenvalue weighted by atomic mass is 32.1. The molecule has 0 saturated carbocycles. The molecule has 5 nitrogen and oxygen atoms in total. The molecule has 224 valence electrons. The van der Waals surface area contributed by atoms with E-state index in [0.717, 1.165) is 91.6 Å². The van der Waals surface area contributed by atoms with Crippen LogP contribution in [0.5, 0.6) is 0 Å². The Labute approximate surface area is 263 Å². The van der Waals surface area contributed by atoms with Crippen LogP contribution in [-0.2, 0) is 0 Å². The van der Waals surface area contributed by atoms with Crippen molar-refractivity contribution in [3.8, 4) is 0 Å². The highest BCUT2D eigenvalue weighted by Crippen LogP contribution is 2.07. The second-order valence-corrected chi connectivity index (χ2v) is 16.2. The molecule has 0 saturated heterocycles. The highest BCUT2D eigenvalue weighted by molar-refractivity contribution is 7.81. The third-order valence-corrected chi connectivity index (χ3v) is 6.85. The molecular formula is C26H59N5S6. The molecule has 0 aromatic carbocycles. The van der Waals surface area contributed by atoms with E-state index in [2.05, 4.69) is 117 Å². The zero-order valence-electron chi connectivity index (χ0n) is 24.3. The maximum Gasteiger partial charge on any atom is 0.0116 e. The van der Waals surface area contributed by atoms with Gasteiger partial charge in [0.25, 0.3) is 0 Å². The fourth-order valence-electron chi connectivity index (χ4n) is 4.41. The minimum Gasteiger partial charge on any atom is -0.314 e. The van der Waals surface area contributed by atoms with Crippen LogP contribution in [0.1, 0.15) is 41.5 Å². The van der Waals surface area contributed by atoms with Gasteiger partial charge in [-0.1, -0.05) is 41.5 Å². The van der Waals surface area contributed by atoms with Crippen molar-refractivity contribution in [2.75, 3.05) is 91.6 Å². The van der Waals surface area contributed by atoms with Crippen LogP contribution in [-0.4, -0.2) is 143 Å². The summed E-state index contributed by atoms with van der Waals surface area (Å²) in [6, 6.07) is 0. The van der Waals surface area contributed by atoms with E-state index in [1.807, 2.05) is 0 Å². The van der Waals surface area contributed by atoms with Gasteiger partial charge in [-0.25, -0.2) is 0 Å². The van der Waals surface area contributed by atoms with Crippen molar-refractivity contribution in [2.45, 2.75) is 73.0 Å². The van der Waals surface area contributed by atoms with Gasteiger partial charge in [0.05, 0.1) is 0 Å². The summed E-state index contributed by atoms with van der Waals surface area (Å²) in [5, 5.41) is 5.66. The lowest BCUT2D eigenvalue weighted by Gasteiger charge is -2.33. The van der Waals surface area contributed by atoms with E-state index in [-0.39, 0.29) is 0 Å². The Morgan fingerprint density at radius 3 is 0.973 bits per heavy atom. The van der Waals surface area contributed by atoms with Crippen molar-refractivity contribution in [1.29, 1.82) is 0 Å². The lowest BCUT2D eigenvalue weighted by Crippen LogP contribution is -2.46. The van der Waals surface area contributed by atoms with Crippen LogP contribution in [0.15, 0.2) is 0 Å². The van der Waals surface area contributed by atoms with Crippen molar-refractivity contribution in [3.05, 3.63) is 0 Å².